The number of rotatable bonds is 4. The van der Waals surface area contributed by atoms with Crippen LogP contribution in [0.3, 0.4) is 0 Å². The highest BCUT2D eigenvalue weighted by Gasteiger charge is 2.47. The molecule has 1 aliphatic rings. The van der Waals surface area contributed by atoms with E-state index in [9.17, 15) is 14.7 Å². The van der Waals surface area contributed by atoms with Gasteiger partial charge in [-0.2, -0.15) is 5.26 Å². The molecule has 0 radical (unpaired) electrons. The molecule has 6 nitrogen and oxygen atoms in total. The van der Waals surface area contributed by atoms with E-state index in [0.29, 0.717) is 22.6 Å². The van der Waals surface area contributed by atoms with Gasteiger partial charge in [-0.15, -0.1) is 11.3 Å². The van der Waals surface area contributed by atoms with Crippen LogP contribution in [0, 0.1) is 11.3 Å². The Kier molecular flexibility index (Phi) is 6.03. The standard InChI is InChI=1S/C27H24N2O4S/c1-27(2,3)19-14-17(9-12-20(19)33-4)24(30)22-23(21-6-5-13-34-21)29(26(32)25(22)31)18-10-7-16(15-28)8-11-18/h5-14,23,30H,1-4H3/b24-22-. The van der Waals surface area contributed by atoms with Crippen molar-refractivity contribution < 1.29 is 19.4 Å². The van der Waals surface area contributed by atoms with Crippen molar-refractivity contribution in [3.63, 3.8) is 0 Å². The van der Waals surface area contributed by atoms with Crippen molar-refractivity contribution in [3.05, 3.63) is 87.1 Å². The van der Waals surface area contributed by atoms with Gasteiger partial charge in [0.2, 0.25) is 0 Å². The van der Waals surface area contributed by atoms with Crippen LogP contribution in [-0.2, 0) is 15.0 Å². The topological polar surface area (TPSA) is 90.6 Å². The second-order valence-electron chi connectivity index (χ2n) is 9.01. The lowest BCUT2D eigenvalue weighted by molar-refractivity contribution is -0.132. The van der Waals surface area contributed by atoms with E-state index in [1.165, 1.54) is 16.2 Å². The first kappa shape index (κ1) is 23.3. The Balaban J connectivity index is 1.91. The van der Waals surface area contributed by atoms with Crippen molar-refractivity contribution in [2.24, 2.45) is 0 Å². The van der Waals surface area contributed by atoms with Gasteiger partial charge < -0.3 is 9.84 Å². The number of amides is 1. The summed E-state index contributed by atoms with van der Waals surface area (Å²) >= 11 is 1.40. The molecule has 1 amide bonds. The van der Waals surface area contributed by atoms with Crippen molar-refractivity contribution in [2.75, 3.05) is 12.0 Å². The normalized spacial score (nSPS) is 17.6. The number of nitriles is 1. The lowest BCUT2D eigenvalue weighted by atomic mass is 9.84. The van der Waals surface area contributed by atoms with E-state index in [4.69, 9.17) is 10.00 Å². The van der Waals surface area contributed by atoms with Gasteiger partial charge in [-0.1, -0.05) is 26.8 Å². The van der Waals surface area contributed by atoms with E-state index in [0.717, 1.165) is 10.4 Å². The van der Waals surface area contributed by atoms with Crippen LogP contribution in [-0.4, -0.2) is 23.9 Å². The highest BCUT2D eigenvalue weighted by atomic mass is 32.1. The van der Waals surface area contributed by atoms with Gasteiger partial charge in [0.25, 0.3) is 11.7 Å². The smallest absolute Gasteiger partial charge is 0.300 e. The highest BCUT2D eigenvalue weighted by molar-refractivity contribution is 7.10. The second-order valence-corrected chi connectivity index (χ2v) is 9.99. The molecular weight excluding hydrogens is 448 g/mol. The first-order chi connectivity index (χ1) is 16.2. The molecule has 7 heteroatoms. The minimum absolute atomic E-state index is 0.0295. The number of Topliss-reactive ketones (excluding diaryl/α,β-unsaturated/α-hetero) is 1. The predicted octanol–water partition coefficient (Wildman–Crippen LogP) is 5.55. The summed E-state index contributed by atoms with van der Waals surface area (Å²) in [5.41, 5.74) is 1.98. The zero-order chi connectivity index (χ0) is 24.6. The molecule has 1 aliphatic heterocycles. The van der Waals surface area contributed by atoms with Crippen molar-refractivity contribution >= 4 is 34.5 Å². The molecule has 0 saturated carbocycles. The highest BCUT2D eigenvalue weighted by Crippen LogP contribution is 2.44. The van der Waals surface area contributed by atoms with Crippen LogP contribution in [0.1, 0.15) is 48.4 Å². The molecule has 1 aromatic heterocycles. The van der Waals surface area contributed by atoms with E-state index in [2.05, 4.69) is 6.07 Å². The number of aliphatic hydroxyl groups excluding tert-OH is 1. The molecule has 1 fully saturated rings. The minimum atomic E-state index is -0.784. The number of methoxy groups -OCH3 is 1. The fraction of sp³-hybridized carbons (Fsp3) is 0.222. The van der Waals surface area contributed by atoms with Gasteiger partial charge in [-0.05, 0) is 59.3 Å². The molecule has 172 valence electrons. The molecule has 0 aliphatic carbocycles. The van der Waals surface area contributed by atoms with E-state index in [1.807, 2.05) is 38.3 Å². The number of aliphatic hydroxyl groups is 1. The summed E-state index contributed by atoms with van der Waals surface area (Å²) < 4.78 is 5.50. The van der Waals surface area contributed by atoms with Crippen LogP contribution in [0.15, 0.2) is 65.6 Å². The number of carbonyl (C=O) groups is 2. The summed E-state index contributed by atoms with van der Waals surface area (Å²) in [6.45, 7) is 6.10. The minimum Gasteiger partial charge on any atom is -0.507 e. The number of hydrogen-bond acceptors (Lipinski definition) is 6. The Morgan fingerprint density at radius 1 is 1.12 bits per heavy atom. The SMILES string of the molecule is COc1ccc(/C(O)=C2/C(=O)C(=O)N(c3ccc(C#N)cc3)C2c2cccs2)cc1C(C)(C)C. The lowest BCUT2D eigenvalue weighted by Crippen LogP contribution is -2.29. The largest absolute Gasteiger partial charge is 0.507 e. The number of thiophene rings is 1. The lowest BCUT2D eigenvalue weighted by Gasteiger charge is -2.25. The number of anilines is 1. The molecule has 34 heavy (non-hydrogen) atoms. The zero-order valence-electron chi connectivity index (χ0n) is 19.3. The average molecular weight is 473 g/mol. The van der Waals surface area contributed by atoms with Gasteiger partial charge in [-0.3, -0.25) is 14.5 Å². The predicted molar refractivity (Wildman–Crippen MR) is 132 cm³/mol. The van der Waals surface area contributed by atoms with Crippen molar-refractivity contribution in [1.29, 1.82) is 5.26 Å². The van der Waals surface area contributed by atoms with Gasteiger partial charge in [0.05, 0.1) is 24.3 Å². The number of nitrogens with zero attached hydrogens (tertiary/aromatic N) is 2. The molecule has 1 N–H and O–H groups in total. The molecule has 1 atom stereocenters. The summed E-state index contributed by atoms with van der Waals surface area (Å²) in [5.74, 6) is -1.04. The van der Waals surface area contributed by atoms with Crippen LogP contribution in [0.25, 0.3) is 5.76 Å². The zero-order valence-corrected chi connectivity index (χ0v) is 20.1. The second kappa shape index (κ2) is 8.81. The van der Waals surface area contributed by atoms with Gasteiger partial charge >= 0.3 is 0 Å². The summed E-state index contributed by atoms with van der Waals surface area (Å²) in [6, 6.07) is 16.6. The molecular formula is C27H24N2O4S. The third-order valence-electron chi connectivity index (χ3n) is 5.81. The molecule has 1 unspecified atom stereocenters. The summed E-state index contributed by atoms with van der Waals surface area (Å²) in [6.07, 6.45) is 0. The van der Waals surface area contributed by atoms with Crippen molar-refractivity contribution in [3.8, 4) is 11.8 Å². The van der Waals surface area contributed by atoms with Crippen molar-refractivity contribution in [1.82, 2.24) is 0 Å². The summed E-state index contributed by atoms with van der Waals surface area (Å²) in [4.78, 5) is 28.6. The van der Waals surface area contributed by atoms with Crippen LogP contribution in [0.5, 0.6) is 5.75 Å². The number of hydrogen-bond donors (Lipinski definition) is 1. The van der Waals surface area contributed by atoms with Crippen LogP contribution in [0.2, 0.25) is 0 Å². The molecule has 3 aromatic rings. The Hall–Kier alpha value is -3.89. The fourth-order valence-corrected chi connectivity index (χ4v) is 4.93. The Labute approximate surface area is 202 Å². The maximum atomic E-state index is 13.3. The average Bonchev–Trinajstić information content (AvgIpc) is 3.44. The Morgan fingerprint density at radius 2 is 1.82 bits per heavy atom. The first-order valence-corrected chi connectivity index (χ1v) is 11.6. The Bertz CT molecular complexity index is 1330. The van der Waals surface area contributed by atoms with Crippen LogP contribution < -0.4 is 9.64 Å². The van der Waals surface area contributed by atoms with Gasteiger partial charge in [-0.25, -0.2) is 0 Å². The number of benzene rings is 2. The quantitative estimate of drug-likeness (QED) is 0.305. The number of ketones is 1. The van der Waals surface area contributed by atoms with E-state index < -0.39 is 17.7 Å². The fourth-order valence-electron chi connectivity index (χ4n) is 4.11. The maximum Gasteiger partial charge on any atom is 0.300 e. The monoisotopic (exact) mass is 472 g/mol. The number of carbonyl (C=O) groups excluding carboxylic acids is 2. The van der Waals surface area contributed by atoms with Gasteiger partial charge in [0.15, 0.2) is 0 Å². The van der Waals surface area contributed by atoms with E-state index in [-0.39, 0.29) is 16.7 Å². The summed E-state index contributed by atoms with van der Waals surface area (Å²) in [5, 5.41) is 22.4. The molecule has 2 aromatic carbocycles. The van der Waals surface area contributed by atoms with Gasteiger partial charge in [0, 0.05) is 21.7 Å². The molecule has 2 heterocycles. The van der Waals surface area contributed by atoms with Crippen LogP contribution in [0.4, 0.5) is 5.69 Å². The molecule has 0 spiro atoms. The van der Waals surface area contributed by atoms with Gasteiger partial charge in [0.1, 0.15) is 17.6 Å². The van der Waals surface area contributed by atoms with Crippen LogP contribution >= 0.6 is 11.3 Å². The first-order valence-electron chi connectivity index (χ1n) is 10.7. The van der Waals surface area contributed by atoms with Crippen molar-refractivity contribution in [2.45, 2.75) is 32.2 Å². The molecule has 0 bridgehead atoms. The van der Waals surface area contributed by atoms with E-state index >= 15 is 0 Å². The molecule has 4 rings (SSSR count). The number of ether oxygens (including phenoxy) is 1. The Morgan fingerprint density at radius 3 is 2.38 bits per heavy atom. The third-order valence-corrected chi connectivity index (χ3v) is 6.74. The van der Waals surface area contributed by atoms with E-state index in [1.54, 1.807) is 49.6 Å². The third kappa shape index (κ3) is 3.97. The molecule has 1 saturated heterocycles. The summed E-state index contributed by atoms with van der Waals surface area (Å²) in [7, 11) is 1.59. The maximum absolute atomic E-state index is 13.3.